The Morgan fingerprint density at radius 3 is 1.12 bits per heavy atom. The van der Waals surface area contributed by atoms with Gasteiger partial charge in [0.25, 0.3) is 0 Å². The first-order chi connectivity index (χ1) is 7.77. The average molecular weight is 246 g/mol. The van der Waals surface area contributed by atoms with Gasteiger partial charge in [-0.25, -0.2) is 0 Å². The molecule has 1 aliphatic carbocycles. The molecule has 1 fully saturated rings. The summed E-state index contributed by atoms with van der Waals surface area (Å²) in [6, 6.07) is 0. The van der Waals surface area contributed by atoms with Gasteiger partial charge in [0.2, 0.25) is 0 Å². The molecule has 0 aromatic rings. The molecule has 8 heteroatoms. The summed E-state index contributed by atoms with van der Waals surface area (Å²) in [6.45, 7) is 0. The Morgan fingerprint density at radius 1 is 0.647 bits per heavy atom. The maximum absolute atomic E-state index is 10.9. The van der Waals surface area contributed by atoms with Crippen LogP contribution in [0, 0.1) is 23.7 Å². The first-order valence-electron chi connectivity index (χ1n) is 4.68. The highest BCUT2D eigenvalue weighted by Gasteiger charge is 2.56. The van der Waals surface area contributed by atoms with E-state index in [2.05, 4.69) is 0 Å². The molecule has 4 N–H and O–H groups in total. The molecule has 1 aliphatic rings. The summed E-state index contributed by atoms with van der Waals surface area (Å²) in [5, 5.41) is 35.2. The van der Waals surface area contributed by atoms with Gasteiger partial charge in [-0.05, 0) is 6.42 Å². The third-order valence-corrected chi connectivity index (χ3v) is 2.97. The highest BCUT2D eigenvalue weighted by atomic mass is 16.4. The van der Waals surface area contributed by atoms with Crippen molar-refractivity contribution in [2.24, 2.45) is 23.7 Å². The van der Waals surface area contributed by atoms with Crippen LogP contribution in [0.5, 0.6) is 0 Å². The van der Waals surface area contributed by atoms with Gasteiger partial charge < -0.3 is 20.4 Å². The summed E-state index contributed by atoms with van der Waals surface area (Å²) in [6.07, 6.45) is -0.488. The fourth-order valence-electron chi connectivity index (χ4n) is 2.23. The Balaban J connectivity index is 3.17. The molecule has 94 valence electrons. The number of carbonyl (C=O) groups is 4. The van der Waals surface area contributed by atoms with Crippen LogP contribution in [0.3, 0.4) is 0 Å². The van der Waals surface area contributed by atoms with Gasteiger partial charge in [0.05, 0.1) is 23.7 Å². The highest BCUT2D eigenvalue weighted by molar-refractivity contribution is 5.90. The topological polar surface area (TPSA) is 149 Å². The van der Waals surface area contributed by atoms with Crippen LogP contribution in [0.1, 0.15) is 6.42 Å². The van der Waals surface area contributed by atoms with Crippen LogP contribution in [-0.4, -0.2) is 44.3 Å². The molecular formula is C9H10O8. The number of hydrogen-bond acceptors (Lipinski definition) is 4. The molecular weight excluding hydrogens is 236 g/mol. The zero-order chi connectivity index (χ0) is 13.3. The fraction of sp³-hybridized carbons (Fsp3) is 0.556. The second-order valence-corrected chi connectivity index (χ2v) is 3.85. The first-order valence-corrected chi connectivity index (χ1v) is 4.68. The largest absolute Gasteiger partial charge is 0.481 e. The molecule has 0 aromatic heterocycles. The van der Waals surface area contributed by atoms with E-state index in [1.807, 2.05) is 0 Å². The van der Waals surface area contributed by atoms with Gasteiger partial charge >= 0.3 is 23.9 Å². The van der Waals surface area contributed by atoms with Gasteiger partial charge in [-0.2, -0.15) is 0 Å². The molecule has 1 rings (SSSR count). The van der Waals surface area contributed by atoms with E-state index in [9.17, 15) is 19.2 Å². The monoisotopic (exact) mass is 246 g/mol. The SMILES string of the molecule is O=C(O)[C@@H]1[C@H](C(=O)O)[C@@H](C(=O)O)C[C@@H]1C(=O)O. The Bertz CT molecular complexity index is 350. The Labute approximate surface area is 94.5 Å². The molecule has 0 unspecified atom stereocenters. The maximum atomic E-state index is 10.9. The van der Waals surface area contributed by atoms with Crippen LogP contribution in [0.4, 0.5) is 0 Å². The predicted molar refractivity (Wildman–Crippen MR) is 49.1 cm³/mol. The lowest BCUT2D eigenvalue weighted by atomic mass is 9.87. The Morgan fingerprint density at radius 2 is 0.941 bits per heavy atom. The van der Waals surface area contributed by atoms with Crippen molar-refractivity contribution >= 4 is 23.9 Å². The van der Waals surface area contributed by atoms with Crippen molar-refractivity contribution in [1.82, 2.24) is 0 Å². The standard InChI is InChI=1S/C9H10O8/c10-6(11)2-1-3(7(12)13)5(9(16)17)4(2)8(14)15/h2-5H,1H2,(H,10,11)(H,12,13)(H,14,15)(H,16,17)/t2-,3-,4-,5+/m0/s1. The molecule has 0 heterocycles. The molecule has 0 aromatic carbocycles. The zero-order valence-electron chi connectivity index (χ0n) is 8.44. The smallest absolute Gasteiger partial charge is 0.308 e. The van der Waals surface area contributed by atoms with E-state index in [-0.39, 0.29) is 0 Å². The predicted octanol–water partition coefficient (Wildman–Crippen LogP) is -0.807. The van der Waals surface area contributed by atoms with Crippen LogP contribution in [0.25, 0.3) is 0 Å². The molecule has 4 atom stereocenters. The molecule has 0 spiro atoms. The molecule has 0 saturated heterocycles. The van der Waals surface area contributed by atoms with Gasteiger partial charge in [0.15, 0.2) is 0 Å². The molecule has 17 heavy (non-hydrogen) atoms. The van der Waals surface area contributed by atoms with E-state index in [0.29, 0.717) is 0 Å². The van der Waals surface area contributed by atoms with Crippen molar-refractivity contribution in [2.45, 2.75) is 6.42 Å². The molecule has 0 amide bonds. The lowest BCUT2D eigenvalue weighted by Gasteiger charge is -2.16. The lowest BCUT2D eigenvalue weighted by molar-refractivity contribution is -0.160. The summed E-state index contributed by atoms with van der Waals surface area (Å²) >= 11 is 0. The van der Waals surface area contributed by atoms with Crippen LogP contribution in [0.15, 0.2) is 0 Å². The molecule has 1 saturated carbocycles. The quantitative estimate of drug-likeness (QED) is 0.503. The molecule has 8 nitrogen and oxygen atoms in total. The fourth-order valence-corrected chi connectivity index (χ4v) is 2.23. The van der Waals surface area contributed by atoms with E-state index >= 15 is 0 Å². The van der Waals surface area contributed by atoms with E-state index < -0.39 is 54.0 Å². The maximum Gasteiger partial charge on any atom is 0.308 e. The summed E-state index contributed by atoms with van der Waals surface area (Å²) < 4.78 is 0. The minimum Gasteiger partial charge on any atom is -0.481 e. The zero-order valence-corrected chi connectivity index (χ0v) is 8.44. The van der Waals surface area contributed by atoms with E-state index in [1.165, 1.54) is 0 Å². The number of aliphatic carboxylic acids is 4. The van der Waals surface area contributed by atoms with Crippen LogP contribution in [-0.2, 0) is 19.2 Å². The Kier molecular flexibility index (Phi) is 3.35. The van der Waals surface area contributed by atoms with Gasteiger partial charge in [0, 0.05) is 0 Å². The van der Waals surface area contributed by atoms with E-state index in [1.54, 1.807) is 0 Å². The van der Waals surface area contributed by atoms with Crippen molar-refractivity contribution in [3.05, 3.63) is 0 Å². The van der Waals surface area contributed by atoms with Gasteiger partial charge in [-0.15, -0.1) is 0 Å². The summed E-state index contributed by atoms with van der Waals surface area (Å²) in [5.74, 6) is -12.6. The summed E-state index contributed by atoms with van der Waals surface area (Å²) in [7, 11) is 0. The second kappa shape index (κ2) is 4.40. The third-order valence-electron chi connectivity index (χ3n) is 2.97. The van der Waals surface area contributed by atoms with E-state index in [4.69, 9.17) is 20.4 Å². The molecule has 0 radical (unpaired) electrons. The number of rotatable bonds is 4. The number of carboxylic acid groups (broad SMARTS) is 4. The van der Waals surface area contributed by atoms with Crippen molar-refractivity contribution in [2.75, 3.05) is 0 Å². The normalized spacial score (nSPS) is 32.0. The first kappa shape index (κ1) is 12.9. The Hall–Kier alpha value is -2.12. The molecule has 0 bridgehead atoms. The van der Waals surface area contributed by atoms with Crippen molar-refractivity contribution < 1.29 is 39.6 Å². The molecule has 0 aliphatic heterocycles. The van der Waals surface area contributed by atoms with Crippen molar-refractivity contribution in [3.8, 4) is 0 Å². The van der Waals surface area contributed by atoms with Gasteiger partial charge in [-0.3, -0.25) is 19.2 Å². The van der Waals surface area contributed by atoms with Gasteiger partial charge in [0.1, 0.15) is 0 Å². The van der Waals surface area contributed by atoms with Crippen molar-refractivity contribution in [1.29, 1.82) is 0 Å². The second-order valence-electron chi connectivity index (χ2n) is 3.85. The highest BCUT2D eigenvalue weighted by Crippen LogP contribution is 2.42. The summed E-state index contributed by atoms with van der Waals surface area (Å²) in [4.78, 5) is 43.4. The van der Waals surface area contributed by atoms with Crippen LogP contribution in [0.2, 0.25) is 0 Å². The van der Waals surface area contributed by atoms with Crippen LogP contribution >= 0.6 is 0 Å². The lowest BCUT2D eigenvalue weighted by Crippen LogP contribution is -2.35. The number of carboxylic acids is 4. The third kappa shape index (κ3) is 2.19. The number of hydrogen-bond donors (Lipinski definition) is 4. The summed E-state index contributed by atoms with van der Waals surface area (Å²) in [5.41, 5.74) is 0. The van der Waals surface area contributed by atoms with Crippen LogP contribution < -0.4 is 0 Å². The average Bonchev–Trinajstić information content (AvgIpc) is 2.56. The minimum atomic E-state index is -1.72. The van der Waals surface area contributed by atoms with Crippen molar-refractivity contribution in [3.63, 3.8) is 0 Å². The minimum absolute atomic E-state index is 0.488. The van der Waals surface area contributed by atoms with Gasteiger partial charge in [-0.1, -0.05) is 0 Å². The van der Waals surface area contributed by atoms with E-state index in [0.717, 1.165) is 0 Å².